The third kappa shape index (κ3) is 1.89. The van der Waals surface area contributed by atoms with Gasteiger partial charge in [-0.3, -0.25) is 4.40 Å². The van der Waals surface area contributed by atoms with Crippen molar-refractivity contribution in [3.8, 4) is 11.4 Å². The monoisotopic (exact) mass is 313 g/mol. The van der Waals surface area contributed by atoms with Crippen LogP contribution >= 0.6 is 23.2 Å². The summed E-state index contributed by atoms with van der Waals surface area (Å²) in [6, 6.07) is 17.4. The molecule has 2 aromatic carbocycles. The summed E-state index contributed by atoms with van der Waals surface area (Å²) in [5, 5.41) is 10.7. The molecule has 0 radical (unpaired) electrons. The first-order valence-electron chi connectivity index (χ1n) is 6.43. The summed E-state index contributed by atoms with van der Waals surface area (Å²) in [4.78, 5) is 0. The van der Waals surface area contributed by atoms with Crippen LogP contribution in [0.2, 0.25) is 10.0 Å². The molecular formula is C16H9Cl2N3. The van der Waals surface area contributed by atoms with Crippen molar-refractivity contribution in [1.29, 1.82) is 0 Å². The van der Waals surface area contributed by atoms with E-state index >= 15 is 0 Å². The first-order valence-corrected chi connectivity index (χ1v) is 7.18. The van der Waals surface area contributed by atoms with Gasteiger partial charge in [-0.2, -0.15) is 0 Å². The van der Waals surface area contributed by atoms with Gasteiger partial charge in [0.1, 0.15) is 0 Å². The minimum Gasteiger partial charge on any atom is -0.275 e. The minimum atomic E-state index is 0.560. The number of aromatic nitrogens is 3. The number of rotatable bonds is 1. The standard InChI is InChI=1S/C16H9Cl2N3/c17-11-5-3-6-12(18)15(11)16-20-19-14-9-8-10-4-1-2-7-13(10)21(14)16/h1-9H. The molecular weight excluding hydrogens is 305 g/mol. The maximum absolute atomic E-state index is 6.31. The average Bonchev–Trinajstić information content (AvgIpc) is 2.91. The number of hydrogen-bond donors (Lipinski definition) is 0. The zero-order valence-corrected chi connectivity index (χ0v) is 12.3. The Morgan fingerprint density at radius 3 is 2.33 bits per heavy atom. The van der Waals surface area contributed by atoms with Crippen molar-refractivity contribution in [3.05, 3.63) is 64.6 Å². The van der Waals surface area contributed by atoms with Crippen molar-refractivity contribution in [2.75, 3.05) is 0 Å². The van der Waals surface area contributed by atoms with Crippen molar-refractivity contribution >= 4 is 39.8 Å². The van der Waals surface area contributed by atoms with Gasteiger partial charge >= 0.3 is 0 Å². The Bertz CT molecular complexity index is 956. The Morgan fingerprint density at radius 1 is 0.762 bits per heavy atom. The van der Waals surface area contributed by atoms with Gasteiger partial charge in [0, 0.05) is 0 Å². The van der Waals surface area contributed by atoms with Gasteiger partial charge < -0.3 is 0 Å². The van der Waals surface area contributed by atoms with E-state index in [1.165, 1.54) is 0 Å². The van der Waals surface area contributed by atoms with Gasteiger partial charge in [0.2, 0.25) is 0 Å². The average molecular weight is 314 g/mol. The molecule has 4 aromatic rings. The normalized spacial score (nSPS) is 11.3. The highest BCUT2D eigenvalue weighted by Gasteiger charge is 2.16. The van der Waals surface area contributed by atoms with Crippen LogP contribution in [0.3, 0.4) is 0 Å². The molecule has 2 aromatic heterocycles. The largest absolute Gasteiger partial charge is 0.275 e. The van der Waals surface area contributed by atoms with Gasteiger partial charge in [-0.1, -0.05) is 47.5 Å². The zero-order valence-electron chi connectivity index (χ0n) is 10.8. The number of fused-ring (bicyclic) bond motifs is 3. The summed E-state index contributed by atoms with van der Waals surface area (Å²) in [7, 11) is 0. The maximum Gasteiger partial charge on any atom is 0.171 e. The van der Waals surface area contributed by atoms with Gasteiger partial charge in [-0.05, 0) is 35.7 Å². The third-order valence-electron chi connectivity index (χ3n) is 3.46. The lowest BCUT2D eigenvalue weighted by molar-refractivity contribution is 1.12. The number of halogens is 2. The highest BCUT2D eigenvalue weighted by molar-refractivity contribution is 6.39. The molecule has 0 aliphatic heterocycles. The Hall–Kier alpha value is -2.10. The fraction of sp³-hybridized carbons (Fsp3) is 0. The van der Waals surface area contributed by atoms with Crippen LogP contribution in [0.1, 0.15) is 0 Å². The van der Waals surface area contributed by atoms with Crippen LogP contribution in [-0.2, 0) is 0 Å². The molecule has 0 unspecified atom stereocenters. The van der Waals surface area contributed by atoms with Crippen LogP contribution in [0, 0.1) is 0 Å². The Labute approximate surface area is 130 Å². The number of pyridine rings is 1. The smallest absolute Gasteiger partial charge is 0.171 e. The molecule has 0 bridgehead atoms. The molecule has 0 spiro atoms. The predicted octanol–water partition coefficient (Wildman–Crippen LogP) is 4.86. The number of hydrogen-bond acceptors (Lipinski definition) is 2. The molecule has 21 heavy (non-hydrogen) atoms. The summed E-state index contributed by atoms with van der Waals surface area (Å²) in [6.45, 7) is 0. The van der Waals surface area contributed by atoms with Crippen LogP contribution in [0.15, 0.2) is 54.6 Å². The van der Waals surface area contributed by atoms with E-state index in [1.807, 2.05) is 46.9 Å². The molecule has 0 fully saturated rings. The molecule has 5 heteroatoms. The molecule has 0 N–H and O–H groups in total. The van der Waals surface area contributed by atoms with Gasteiger partial charge in [-0.25, -0.2) is 0 Å². The van der Waals surface area contributed by atoms with Gasteiger partial charge in [0.15, 0.2) is 11.5 Å². The molecule has 0 aliphatic rings. The summed E-state index contributed by atoms with van der Waals surface area (Å²) in [6.07, 6.45) is 0. The fourth-order valence-corrected chi connectivity index (χ4v) is 3.08. The second-order valence-electron chi connectivity index (χ2n) is 4.71. The van der Waals surface area contributed by atoms with Crippen LogP contribution in [0.4, 0.5) is 0 Å². The van der Waals surface area contributed by atoms with Crippen molar-refractivity contribution in [2.45, 2.75) is 0 Å². The quantitative estimate of drug-likeness (QED) is 0.502. The van der Waals surface area contributed by atoms with E-state index in [0.29, 0.717) is 21.4 Å². The Kier molecular flexibility index (Phi) is 2.84. The molecule has 0 atom stereocenters. The molecule has 0 amide bonds. The molecule has 2 heterocycles. The SMILES string of the molecule is Clc1cccc(Cl)c1-c1nnc2ccc3ccccc3n12. The van der Waals surface area contributed by atoms with Crippen molar-refractivity contribution < 1.29 is 0 Å². The molecule has 0 saturated heterocycles. The van der Waals surface area contributed by atoms with Crippen molar-refractivity contribution in [1.82, 2.24) is 14.6 Å². The van der Waals surface area contributed by atoms with E-state index in [4.69, 9.17) is 23.2 Å². The third-order valence-corrected chi connectivity index (χ3v) is 4.09. The van der Waals surface area contributed by atoms with Crippen molar-refractivity contribution in [3.63, 3.8) is 0 Å². The first kappa shape index (κ1) is 12.6. The van der Waals surface area contributed by atoms with Gasteiger partial charge in [0.05, 0.1) is 21.1 Å². The lowest BCUT2D eigenvalue weighted by atomic mass is 10.2. The second kappa shape index (κ2) is 4.72. The second-order valence-corrected chi connectivity index (χ2v) is 5.52. The molecule has 0 saturated carbocycles. The highest BCUT2D eigenvalue weighted by atomic mass is 35.5. The minimum absolute atomic E-state index is 0.560. The predicted molar refractivity (Wildman–Crippen MR) is 85.9 cm³/mol. The van der Waals surface area contributed by atoms with Gasteiger partial charge in [-0.15, -0.1) is 10.2 Å². The lowest BCUT2D eigenvalue weighted by Crippen LogP contribution is -1.93. The molecule has 0 aliphatic carbocycles. The topological polar surface area (TPSA) is 30.2 Å². The van der Waals surface area contributed by atoms with Crippen LogP contribution in [0.5, 0.6) is 0 Å². The molecule has 3 nitrogen and oxygen atoms in total. The Balaban J connectivity index is 2.17. The van der Waals surface area contributed by atoms with E-state index in [2.05, 4.69) is 10.2 Å². The summed E-state index contributed by atoms with van der Waals surface area (Å²) < 4.78 is 1.97. The van der Waals surface area contributed by atoms with Gasteiger partial charge in [0.25, 0.3) is 0 Å². The van der Waals surface area contributed by atoms with E-state index in [-0.39, 0.29) is 0 Å². The molecule has 4 rings (SSSR count). The fourth-order valence-electron chi connectivity index (χ4n) is 2.51. The first-order chi connectivity index (χ1) is 10.3. The summed E-state index contributed by atoms with van der Waals surface area (Å²) >= 11 is 12.6. The van der Waals surface area contributed by atoms with Crippen LogP contribution in [-0.4, -0.2) is 14.6 Å². The Morgan fingerprint density at radius 2 is 1.52 bits per heavy atom. The zero-order chi connectivity index (χ0) is 14.4. The molecule has 102 valence electrons. The maximum atomic E-state index is 6.31. The van der Waals surface area contributed by atoms with Crippen molar-refractivity contribution in [2.24, 2.45) is 0 Å². The van der Waals surface area contributed by atoms with Crippen LogP contribution < -0.4 is 0 Å². The number of nitrogens with zero attached hydrogens (tertiary/aromatic N) is 3. The van der Waals surface area contributed by atoms with E-state index in [1.54, 1.807) is 12.1 Å². The summed E-state index contributed by atoms with van der Waals surface area (Å²) in [5.74, 6) is 0.650. The lowest BCUT2D eigenvalue weighted by Gasteiger charge is -2.07. The number of benzene rings is 2. The van der Waals surface area contributed by atoms with E-state index in [9.17, 15) is 0 Å². The highest BCUT2D eigenvalue weighted by Crippen LogP contribution is 2.34. The van der Waals surface area contributed by atoms with E-state index < -0.39 is 0 Å². The summed E-state index contributed by atoms with van der Waals surface area (Å²) in [5.41, 5.74) is 2.48. The van der Waals surface area contributed by atoms with Crippen LogP contribution in [0.25, 0.3) is 27.9 Å². The van der Waals surface area contributed by atoms with E-state index in [0.717, 1.165) is 16.6 Å². The number of para-hydroxylation sites is 1.